The van der Waals surface area contributed by atoms with Gasteiger partial charge in [0.15, 0.2) is 17.4 Å². The molecule has 0 heterocycles. The Labute approximate surface area is 171 Å². The average Bonchev–Trinajstić information content (AvgIpc) is 0.722. The first-order valence-corrected chi connectivity index (χ1v) is 2.35. The first-order chi connectivity index (χ1) is 2.00. The zero-order chi connectivity index (χ0) is 4.50. The number of phosphoric acid groups is 1. The number of hydrogen-bond acceptors (Lipinski definition) is 1. The predicted octanol–water partition coefficient (Wildman–Crippen LogP) is -5.24. The summed E-state index contributed by atoms with van der Waals surface area (Å²) in [5.41, 5.74) is 0. The average molecular weight is 292 g/mol. The van der Waals surface area contributed by atoms with Crippen LogP contribution in [0.1, 0.15) is 0 Å². The third kappa shape index (κ3) is 75.1. The quantitative estimate of drug-likeness (QED) is 0.308. The van der Waals surface area contributed by atoms with E-state index in [0.717, 1.165) is 0 Å². The van der Waals surface area contributed by atoms with Gasteiger partial charge in [-0.3, -0.25) is 0 Å². The van der Waals surface area contributed by atoms with Crippen LogP contribution in [0.3, 0.4) is 0 Å². The molecule has 3 N–H and O–H groups in total. The van der Waals surface area contributed by atoms with Crippen molar-refractivity contribution >= 4 is 157 Å². The molecule has 0 unspecified atom stereocenters. The molecule has 0 aliphatic rings. The van der Waals surface area contributed by atoms with Crippen LogP contribution < -0.4 is 0 Å². The molecule has 0 rings (SSSR count). The monoisotopic (exact) mass is 292 g/mol. The fraction of sp³-hybridized carbons (Fsp3) is 0. The van der Waals surface area contributed by atoms with Gasteiger partial charge < -0.3 is 14.7 Å². The maximum atomic E-state index is 8.88. The molecule has 0 spiro atoms. The van der Waals surface area contributed by atoms with Gasteiger partial charge in [0.05, 0.1) is 0 Å². The van der Waals surface area contributed by atoms with Crippen LogP contribution in [0.25, 0.3) is 0 Å². The molecule has 0 bridgehead atoms. The molecular formula is H12AlCaLiNaO4PSr. The minimum absolute atomic E-state index is 0. The van der Waals surface area contributed by atoms with Crippen LogP contribution >= 0.6 is 7.82 Å². The molecule has 0 radical (unpaired) electrons. The van der Waals surface area contributed by atoms with Crippen molar-refractivity contribution in [2.75, 3.05) is 0 Å². The van der Waals surface area contributed by atoms with Crippen LogP contribution in [0, 0.1) is 0 Å². The molecule has 0 aromatic heterocycles. The summed E-state index contributed by atoms with van der Waals surface area (Å²) < 4.78 is 8.88. The normalized spacial score (nSPS) is 5.90. The van der Waals surface area contributed by atoms with E-state index in [9.17, 15) is 0 Å². The van der Waals surface area contributed by atoms with E-state index in [0.29, 0.717) is 0 Å². The topological polar surface area (TPSA) is 77.8 Å². The van der Waals surface area contributed by atoms with E-state index in [1.807, 2.05) is 0 Å². The molecule has 0 aromatic carbocycles. The maximum absolute atomic E-state index is 8.88. The molecule has 0 saturated heterocycles. The second kappa shape index (κ2) is 19.5. The molecule has 10 heavy (non-hydrogen) atoms. The fourth-order valence-electron chi connectivity index (χ4n) is 0. The van der Waals surface area contributed by atoms with Crippen LogP contribution in [-0.4, -0.2) is 164 Å². The summed E-state index contributed by atoms with van der Waals surface area (Å²) in [4.78, 5) is 21.6. The van der Waals surface area contributed by atoms with E-state index in [2.05, 4.69) is 0 Å². The van der Waals surface area contributed by atoms with Crippen molar-refractivity contribution in [1.29, 1.82) is 0 Å². The Balaban J connectivity index is -0.00000000800. The fourth-order valence-corrected chi connectivity index (χ4v) is 0. The van der Waals surface area contributed by atoms with Gasteiger partial charge in [-0.2, -0.15) is 0 Å². The summed E-state index contributed by atoms with van der Waals surface area (Å²) in [6, 6.07) is 0. The molecule has 0 saturated carbocycles. The van der Waals surface area contributed by atoms with Gasteiger partial charge in [-0.15, -0.1) is 0 Å². The molecule has 50 valence electrons. The molecule has 0 aliphatic heterocycles. The van der Waals surface area contributed by atoms with E-state index in [1.54, 1.807) is 0 Å². The van der Waals surface area contributed by atoms with Crippen molar-refractivity contribution in [3.05, 3.63) is 0 Å². The van der Waals surface area contributed by atoms with E-state index in [-0.39, 0.29) is 149 Å². The van der Waals surface area contributed by atoms with Gasteiger partial charge in [0.2, 0.25) is 0 Å². The number of rotatable bonds is 0. The van der Waals surface area contributed by atoms with Crippen molar-refractivity contribution in [3.8, 4) is 0 Å². The first kappa shape index (κ1) is 36.3. The molecular weight excluding hydrogens is 280 g/mol. The summed E-state index contributed by atoms with van der Waals surface area (Å²) in [6.45, 7) is 0. The SMILES string of the molecule is O=P(O)(O)O.[AlH3].[CaH2].[LiH].[NaH].[SrH2]. The van der Waals surface area contributed by atoms with Crippen LogP contribution in [0.15, 0.2) is 0 Å². The van der Waals surface area contributed by atoms with Gasteiger partial charge in [-0.05, 0) is 0 Å². The van der Waals surface area contributed by atoms with E-state index < -0.39 is 7.82 Å². The van der Waals surface area contributed by atoms with Gasteiger partial charge in [-0.1, -0.05) is 0 Å². The molecule has 0 aliphatic carbocycles. The van der Waals surface area contributed by atoms with E-state index >= 15 is 0 Å². The van der Waals surface area contributed by atoms with Crippen molar-refractivity contribution in [3.63, 3.8) is 0 Å². The molecule has 0 aromatic rings. The van der Waals surface area contributed by atoms with E-state index in [1.165, 1.54) is 0 Å². The third-order valence-electron chi connectivity index (χ3n) is 0. The van der Waals surface area contributed by atoms with Crippen molar-refractivity contribution in [1.82, 2.24) is 0 Å². The Hall–Kier alpha value is 4.98. The van der Waals surface area contributed by atoms with E-state index in [4.69, 9.17) is 19.2 Å². The number of hydrogen-bond donors (Lipinski definition) is 3. The van der Waals surface area contributed by atoms with Crippen molar-refractivity contribution in [2.24, 2.45) is 0 Å². The van der Waals surface area contributed by atoms with Gasteiger partial charge >= 0.3 is 139 Å². The molecule has 0 amide bonds. The summed E-state index contributed by atoms with van der Waals surface area (Å²) in [7, 11) is -4.64. The van der Waals surface area contributed by atoms with Gasteiger partial charge in [-0.25, -0.2) is 4.57 Å². The molecule has 0 atom stereocenters. The Kier molecular flexibility index (Phi) is 70.9. The first-order valence-electron chi connectivity index (χ1n) is 0.783. The van der Waals surface area contributed by atoms with Crippen LogP contribution in [0.2, 0.25) is 0 Å². The van der Waals surface area contributed by atoms with Gasteiger partial charge in [0.25, 0.3) is 0 Å². The third-order valence-corrected chi connectivity index (χ3v) is 0. The van der Waals surface area contributed by atoms with Crippen molar-refractivity contribution in [2.45, 2.75) is 0 Å². The Bertz CT molecular complexity index is 71.4. The zero-order valence-corrected chi connectivity index (χ0v) is 3.09. The van der Waals surface area contributed by atoms with Crippen LogP contribution in [0.4, 0.5) is 0 Å². The Morgan fingerprint density at radius 1 is 1.10 bits per heavy atom. The predicted molar refractivity (Wildman–Crippen MR) is 55.6 cm³/mol. The second-order valence-electron chi connectivity index (χ2n) is 0.513. The van der Waals surface area contributed by atoms with Crippen LogP contribution in [-0.2, 0) is 4.57 Å². The van der Waals surface area contributed by atoms with Crippen molar-refractivity contribution < 1.29 is 19.2 Å². The van der Waals surface area contributed by atoms with Gasteiger partial charge in [0.1, 0.15) is 0 Å². The summed E-state index contributed by atoms with van der Waals surface area (Å²) in [5.74, 6) is 0. The minimum atomic E-state index is -4.64. The zero-order valence-electron chi connectivity index (χ0n) is 2.20. The van der Waals surface area contributed by atoms with Gasteiger partial charge in [0, 0.05) is 0 Å². The van der Waals surface area contributed by atoms with Crippen LogP contribution in [0.5, 0.6) is 0 Å². The summed E-state index contributed by atoms with van der Waals surface area (Å²) >= 11 is 0. The molecule has 10 heteroatoms. The summed E-state index contributed by atoms with van der Waals surface area (Å²) in [6.07, 6.45) is 0. The molecule has 0 fully saturated rings. The Morgan fingerprint density at radius 3 is 1.10 bits per heavy atom. The molecule has 4 nitrogen and oxygen atoms in total. The Morgan fingerprint density at radius 2 is 1.10 bits per heavy atom. The standard InChI is InChI=1S/Al.Ca.Li.Na.H3O4P.Sr.9H/c;;;;1-5(2,3)4;;;;;;;;;;/h;;;;(H3,1,2,3,4);;;;;;;;;;. The summed E-state index contributed by atoms with van der Waals surface area (Å²) in [5, 5.41) is 0. The second-order valence-corrected chi connectivity index (χ2v) is 1.54.